The summed E-state index contributed by atoms with van der Waals surface area (Å²) in [5.41, 5.74) is 1.75. The van der Waals surface area contributed by atoms with Crippen LogP contribution in [0.4, 0.5) is 5.69 Å². The van der Waals surface area contributed by atoms with Crippen LogP contribution in [0.3, 0.4) is 0 Å². The predicted octanol–water partition coefficient (Wildman–Crippen LogP) is 4.57. The molecule has 2 aromatic heterocycles. The summed E-state index contributed by atoms with van der Waals surface area (Å²) >= 11 is 9.41. The van der Waals surface area contributed by atoms with Gasteiger partial charge in [-0.1, -0.05) is 22.8 Å². The summed E-state index contributed by atoms with van der Waals surface area (Å²) in [5.74, 6) is 1.15. The molecule has 3 heterocycles. The maximum absolute atomic E-state index is 12.4. The van der Waals surface area contributed by atoms with Crippen LogP contribution in [0.1, 0.15) is 23.7 Å². The van der Waals surface area contributed by atoms with Gasteiger partial charge >= 0.3 is 0 Å². The molecule has 1 unspecified atom stereocenters. The first-order chi connectivity index (χ1) is 12.0. The average Bonchev–Trinajstić information content (AvgIpc) is 3.29. The third-order valence-corrected chi connectivity index (χ3v) is 5.02. The molecule has 0 radical (unpaired) electrons. The SMILES string of the molecule is Cc1ccc(N2CC(c3noc(-c4ccc(Br)o4)n3)CC2=O)cc1Cl. The molecule has 1 aromatic carbocycles. The van der Waals surface area contributed by atoms with Crippen LogP contribution in [0.15, 0.2) is 43.9 Å². The zero-order chi connectivity index (χ0) is 17.6. The average molecular weight is 423 g/mol. The maximum atomic E-state index is 12.4. The van der Waals surface area contributed by atoms with E-state index < -0.39 is 0 Å². The number of amides is 1. The Morgan fingerprint density at radius 1 is 1.32 bits per heavy atom. The highest BCUT2D eigenvalue weighted by atomic mass is 79.9. The van der Waals surface area contributed by atoms with Gasteiger partial charge in [0.25, 0.3) is 5.89 Å². The topological polar surface area (TPSA) is 72.4 Å². The lowest BCUT2D eigenvalue weighted by Crippen LogP contribution is -2.24. The standard InChI is InChI=1S/C17H13BrClN3O3/c1-9-2-3-11(7-12(9)19)22-8-10(6-15(22)23)16-20-17(25-21-16)13-4-5-14(18)24-13/h2-5,7,10H,6,8H2,1H3. The highest BCUT2D eigenvalue weighted by Crippen LogP contribution is 2.33. The van der Waals surface area contributed by atoms with Crippen molar-refractivity contribution in [1.29, 1.82) is 0 Å². The molecule has 0 N–H and O–H groups in total. The zero-order valence-electron chi connectivity index (χ0n) is 13.2. The van der Waals surface area contributed by atoms with E-state index in [0.717, 1.165) is 11.3 Å². The molecule has 1 fully saturated rings. The van der Waals surface area contributed by atoms with Crippen LogP contribution in [0, 0.1) is 6.92 Å². The van der Waals surface area contributed by atoms with Crippen LogP contribution >= 0.6 is 27.5 Å². The first-order valence-corrected chi connectivity index (χ1v) is 8.84. The molecular formula is C17H13BrClN3O3. The normalized spacial score (nSPS) is 17.5. The van der Waals surface area contributed by atoms with Crippen LogP contribution in [-0.2, 0) is 4.79 Å². The van der Waals surface area contributed by atoms with Crippen molar-refractivity contribution in [3.05, 3.63) is 51.4 Å². The Morgan fingerprint density at radius 2 is 2.16 bits per heavy atom. The van der Waals surface area contributed by atoms with E-state index in [2.05, 4.69) is 26.1 Å². The molecule has 1 aliphatic heterocycles. The van der Waals surface area contributed by atoms with Crippen molar-refractivity contribution < 1.29 is 13.7 Å². The number of aromatic nitrogens is 2. The van der Waals surface area contributed by atoms with Crippen molar-refractivity contribution in [2.45, 2.75) is 19.3 Å². The van der Waals surface area contributed by atoms with Crippen LogP contribution in [-0.4, -0.2) is 22.6 Å². The van der Waals surface area contributed by atoms with Crippen molar-refractivity contribution in [3.8, 4) is 11.7 Å². The fourth-order valence-corrected chi connectivity index (χ4v) is 3.29. The minimum atomic E-state index is -0.136. The molecule has 0 spiro atoms. The summed E-state index contributed by atoms with van der Waals surface area (Å²) in [7, 11) is 0. The number of carbonyl (C=O) groups excluding carboxylic acids is 1. The number of aryl methyl sites for hydroxylation is 1. The molecule has 1 amide bonds. The number of rotatable bonds is 3. The monoisotopic (exact) mass is 421 g/mol. The van der Waals surface area contributed by atoms with Crippen molar-refractivity contribution in [2.75, 3.05) is 11.4 Å². The highest BCUT2D eigenvalue weighted by molar-refractivity contribution is 9.10. The molecule has 6 nitrogen and oxygen atoms in total. The van der Waals surface area contributed by atoms with Crippen LogP contribution in [0.5, 0.6) is 0 Å². The van der Waals surface area contributed by atoms with Gasteiger partial charge in [0.2, 0.25) is 5.91 Å². The summed E-state index contributed by atoms with van der Waals surface area (Å²) < 4.78 is 11.3. The maximum Gasteiger partial charge on any atom is 0.293 e. The van der Waals surface area contributed by atoms with Crippen LogP contribution in [0.2, 0.25) is 5.02 Å². The van der Waals surface area contributed by atoms with Gasteiger partial charge in [-0.3, -0.25) is 4.79 Å². The Balaban J connectivity index is 1.56. The highest BCUT2D eigenvalue weighted by Gasteiger charge is 2.35. The number of nitrogens with zero attached hydrogens (tertiary/aromatic N) is 3. The number of benzene rings is 1. The van der Waals surface area contributed by atoms with Crippen molar-refractivity contribution in [1.82, 2.24) is 10.1 Å². The quantitative estimate of drug-likeness (QED) is 0.618. The molecule has 4 rings (SSSR count). The molecule has 128 valence electrons. The summed E-state index contributed by atoms with van der Waals surface area (Å²) in [6.07, 6.45) is 0.326. The second-order valence-electron chi connectivity index (χ2n) is 5.90. The molecule has 25 heavy (non-hydrogen) atoms. The van der Waals surface area contributed by atoms with Crippen LogP contribution in [0.25, 0.3) is 11.7 Å². The second kappa shape index (κ2) is 6.31. The number of anilines is 1. The molecule has 1 aliphatic rings. The summed E-state index contributed by atoms with van der Waals surface area (Å²) in [6.45, 7) is 2.41. The number of carbonyl (C=O) groups is 1. The minimum Gasteiger partial charge on any atom is -0.444 e. The second-order valence-corrected chi connectivity index (χ2v) is 7.09. The van der Waals surface area contributed by atoms with Crippen LogP contribution < -0.4 is 4.90 Å². The third-order valence-electron chi connectivity index (χ3n) is 4.18. The first kappa shape index (κ1) is 16.4. The lowest BCUT2D eigenvalue weighted by atomic mass is 10.1. The smallest absolute Gasteiger partial charge is 0.293 e. The Hall–Kier alpha value is -2.12. The molecule has 0 aliphatic carbocycles. The van der Waals surface area contributed by atoms with E-state index in [-0.39, 0.29) is 11.8 Å². The van der Waals surface area contributed by atoms with Gasteiger partial charge in [0, 0.05) is 29.6 Å². The van der Waals surface area contributed by atoms with Crippen molar-refractivity contribution >= 4 is 39.1 Å². The lowest BCUT2D eigenvalue weighted by molar-refractivity contribution is -0.117. The largest absolute Gasteiger partial charge is 0.444 e. The van der Waals surface area contributed by atoms with E-state index in [4.69, 9.17) is 20.5 Å². The molecule has 3 aromatic rings. The molecule has 0 saturated carbocycles. The van der Waals surface area contributed by atoms with Gasteiger partial charge < -0.3 is 13.8 Å². The number of halogens is 2. The fourth-order valence-electron chi connectivity index (χ4n) is 2.81. The number of hydrogen-bond donors (Lipinski definition) is 0. The Kier molecular flexibility index (Phi) is 4.13. The lowest BCUT2D eigenvalue weighted by Gasteiger charge is -2.17. The predicted molar refractivity (Wildman–Crippen MR) is 95.6 cm³/mol. The van der Waals surface area contributed by atoms with E-state index in [0.29, 0.717) is 40.1 Å². The number of furan rings is 1. The van der Waals surface area contributed by atoms with E-state index in [9.17, 15) is 4.79 Å². The molecule has 1 saturated heterocycles. The fraction of sp³-hybridized carbons (Fsp3) is 0.235. The van der Waals surface area contributed by atoms with Gasteiger partial charge in [-0.2, -0.15) is 4.98 Å². The first-order valence-electron chi connectivity index (χ1n) is 7.67. The minimum absolute atomic E-state index is 0.0111. The summed E-state index contributed by atoms with van der Waals surface area (Å²) in [4.78, 5) is 18.5. The van der Waals surface area contributed by atoms with Gasteiger partial charge in [0.05, 0.1) is 0 Å². The van der Waals surface area contributed by atoms with Gasteiger partial charge in [0.15, 0.2) is 16.3 Å². The Labute approximate surface area is 156 Å². The summed E-state index contributed by atoms with van der Waals surface area (Å²) in [5, 5.41) is 4.65. The van der Waals surface area contributed by atoms with Gasteiger partial charge in [0.1, 0.15) is 0 Å². The van der Waals surface area contributed by atoms with E-state index >= 15 is 0 Å². The van der Waals surface area contributed by atoms with Gasteiger partial charge in [-0.25, -0.2) is 0 Å². The van der Waals surface area contributed by atoms with E-state index in [1.54, 1.807) is 23.1 Å². The number of hydrogen-bond acceptors (Lipinski definition) is 5. The van der Waals surface area contributed by atoms with Crippen molar-refractivity contribution in [2.24, 2.45) is 0 Å². The Bertz CT molecular complexity index is 952. The Morgan fingerprint density at radius 3 is 2.88 bits per heavy atom. The molecular weight excluding hydrogens is 410 g/mol. The van der Waals surface area contributed by atoms with Gasteiger partial charge in [-0.15, -0.1) is 0 Å². The van der Waals surface area contributed by atoms with Gasteiger partial charge in [-0.05, 0) is 52.7 Å². The summed E-state index contributed by atoms with van der Waals surface area (Å²) in [6, 6.07) is 9.09. The molecule has 1 atom stereocenters. The third kappa shape index (κ3) is 3.09. The van der Waals surface area contributed by atoms with E-state index in [1.807, 2.05) is 19.1 Å². The van der Waals surface area contributed by atoms with Crippen molar-refractivity contribution in [3.63, 3.8) is 0 Å². The zero-order valence-corrected chi connectivity index (χ0v) is 15.5. The molecule has 8 heteroatoms. The van der Waals surface area contributed by atoms with E-state index in [1.165, 1.54) is 0 Å². The molecule has 0 bridgehead atoms.